The van der Waals surface area contributed by atoms with Gasteiger partial charge in [0.2, 0.25) is 0 Å². The molecule has 2 aliphatic heterocycles. The van der Waals surface area contributed by atoms with Gasteiger partial charge in [-0.15, -0.1) is 0 Å². The van der Waals surface area contributed by atoms with Crippen LogP contribution < -0.4 is 9.47 Å². The summed E-state index contributed by atoms with van der Waals surface area (Å²) >= 11 is 4.39. The van der Waals surface area contributed by atoms with Gasteiger partial charge in [-0.3, -0.25) is 14.5 Å². The number of ether oxygens (including phenoxy) is 4. The van der Waals surface area contributed by atoms with Crippen LogP contribution in [0.3, 0.4) is 0 Å². The highest BCUT2D eigenvalue weighted by Crippen LogP contribution is 2.38. The van der Waals surface area contributed by atoms with Gasteiger partial charge < -0.3 is 23.8 Å². The van der Waals surface area contributed by atoms with Crippen molar-refractivity contribution in [1.82, 2.24) is 19.8 Å². The van der Waals surface area contributed by atoms with Crippen LogP contribution in [0.15, 0.2) is 33.9 Å². The quantitative estimate of drug-likeness (QED) is 0.265. The number of carbonyl (C=O) groups is 3. The Morgan fingerprint density at radius 3 is 2.37 bits per heavy atom. The lowest BCUT2D eigenvalue weighted by atomic mass is 9.96. The highest BCUT2D eigenvalue weighted by atomic mass is 79.9. The molecule has 0 saturated carbocycles. The van der Waals surface area contributed by atoms with Crippen molar-refractivity contribution in [3.8, 4) is 11.5 Å². The lowest BCUT2D eigenvalue weighted by Gasteiger charge is -2.32. The smallest absolute Gasteiger partial charge is 0.410 e. The van der Waals surface area contributed by atoms with E-state index in [4.69, 9.17) is 18.9 Å². The SMILES string of the molecule is COCOc1cc(Br)c(/C=C2\SC(=O)N(C)C2=O)cc1OCc1cnc(C2CCN(C(=O)OC(C)(C)C)CC2)nc1. The molecule has 2 fully saturated rings. The second kappa shape index (κ2) is 13.2. The number of thioether (sulfide) groups is 1. The number of benzene rings is 1. The van der Waals surface area contributed by atoms with Gasteiger partial charge in [0.15, 0.2) is 18.3 Å². The molecule has 4 rings (SSSR count). The summed E-state index contributed by atoms with van der Waals surface area (Å²) in [4.78, 5) is 48.9. The van der Waals surface area contributed by atoms with Crippen LogP contribution in [0, 0.1) is 0 Å². The Labute approximate surface area is 251 Å². The van der Waals surface area contributed by atoms with Crippen molar-refractivity contribution < 1.29 is 33.3 Å². The predicted octanol–water partition coefficient (Wildman–Crippen LogP) is 5.58. The number of nitrogens with zero attached hydrogens (tertiary/aromatic N) is 4. The summed E-state index contributed by atoms with van der Waals surface area (Å²) in [5.41, 5.74) is 0.883. The Balaban J connectivity index is 1.42. The number of hydrogen-bond donors (Lipinski definition) is 0. The predicted molar refractivity (Wildman–Crippen MR) is 157 cm³/mol. The summed E-state index contributed by atoms with van der Waals surface area (Å²) in [6.07, 6.45) is 6.32. The highest BCUT2D eigenvalue weighted by Gasteiger charge is 2.32. The molecular formula is C28H33BrN4O7S. The van der Waals surface area contributed by atoms with E-state index in [9.17, 15) is 14.4 Å². The van der Waals surface area contributed by atoms with Crippen LogP contribution in [0.4, 0.5) is 9.59 Å². The topological polar surface area (TPSA) is 120 Å². The van der Waals surface area contributed by atoms with Gasteiger partial charge >= 0.3 is 6.09 Å². The lowest BCUT2D eigenvalue weighted by Crippen LogP contribution is -2.41. The third-order valence-electron chi connectivity index (χ3n) is 6.30. The molecule has 3 heterocycles. The molecule has 41 heavy (non-hydrogen) atoms. The van der Waals surface area contributed by atoms with Crippen molar-refractivity contribution in [3.63, 3.8) is 0 Å². The minimum Gasteiger partial charge on any atom is -0.485 e. The highest BCUT2D eigenvalue weighted by molar-refractivity contribution is 9.10. The number of imide groups is 1. The third-order valence-corrected chi connectivity index (χ3v) is 7.95. The normalized spacial score (nSPS) is 17.4. The van der Waals surface area contributed by atoms with Crippen LogP contribution in [0.1, 0.15) is 56.5 Å². The summed E-state index contributed by atoms with van der Waals surface area (Å²) in [6.45, 7) is 6.95. The van der Waals surface area contributed by atoms with Crippen LogP contribution >= 0.6 is 27.7 Å². The van der Waals surface area contributed by atoms with Crippen molar-refractivity contribution in [2.75, 3.05) is 34.0 Å². The van der Waals surface area contributed by atoms with Gasteiger partial charge in [0.25, 0.3) is 11.1 Å². The molecule has 3 amide bonds. The van der Waals surface area contributed by atoms with Crippen LogP contribution in [-0.4, -0.2) is 76.6 Å². The zero-order valence-corrected chi connectivity index (χ0v) is 26.0. The molecule has 0 bridgehead atoms. The minimum atomic E-state index is -0.522. The molecule has 220 valence electrons. The largest absolute Gasteiger partial charge is 0.485 e. The second-order valence-corrected chi connectivity index (χ2v) is 12.4. The number of likely N-dealkylation sites (tertiary alicyclic amines) is 1. The molecule has 0 atom stereocenters. The molecule has 1 aromatic heterocycles. The number of carbonyl (C=O) groups excluding carboxylic acids is 3. The van der Waals surface area contributed by atoms with E-state index in [1.165, 1.54) is 14.2 Å². The molecule has 1 aromatic carbocycles. The number of amides is 3. The maximum absolute atomic E-state index is 12.4. The number of methoxy groups -OCH3 is 1. The maximum atomic E-state index is 12.4. The fourth-order valence-corrected chi connectivity index (χ4v) is 5.41. The van der Waals surface area contributed by atoms with Crippen molar-refractivity contribution in [3.05, 3.63) is 50.9 Å². The van der Waals surface area contributed by atoms with Crippen molar-refractivity contribution in [1.29, 1.82) is 0 Å². The van der Waals surface area contributed by atoms with Gasteiger partial charge in [0, 0.05) is 55.6 Å². The average Bonchev–Trinajstić information content (AvgIpc) is 3.17. The van der Waals surface area contributed by atoms with E-state index in [1.807, 2.05) is 20.8 Å². The molecule has 0 radical (unpaired) electrons. The van der Waals surface area contributed by atoms with Gasteiger partial charge in [-0.25, -0.2) is 14.8 Å². The second-order valence-electron chi connectivity index (χ2n) is 10.6. The Bertz CT molecular complexity index is 1320. The summed E-state index contributed by atoms with van der Waals surface area (Å²) in [5, 5.41) is -0.328. The van der Waals surface area contributed by atoms with E-state index in [2.05, 4.69) is 25.9 Å². The molecular weight excluding hydrogens is 616 g/mol. The van der Waals surface area contributed by atoms with Gasteiger partial charge in [-0.2, -0.15) is 0 Å². The van der Waals surface area contributed by atoms with E-state index < -0.39 is 5.60 Å². The van der Waals surface area contributed by atoms with Gasteiger partial charge in [0.1, 0.15) is 18.0 Å². The molecule has 0 unspecified atom stereocenters. The van der Waals surface area contributed by atoms with Crippen LogP contribution in [0.2, 0.25) is 0 Å². The standard InChI is InChI=1S/C28H33BrN4O7S/c1-28(2,3)40-26(35)33-8-6-18(7-9-33)24-30-13-17(14-31-24)15-38-21-10-19(20(29)12-22(21)39-16-37-5)11-23-25(34)32(4)27(36)41-23/h10-14,18H,6-9,15-16H2,1-5H3/b23-11-. The monoisotopic (exact) mass is 648 g/mol. The number of rotatable bonds is 8. The third kappa shape index (κ3) is 7.98. The molecule has 11 nitrogen and oxygen atoms in total. The summed E-state index contributed by atoms with van der Waals surface area (Å²) in [7, 11) is 2.97. The number of likely N-dealkylation sites (N-methyl/N-ethyl adjacent to an activating group) is 1. The lowest BCUT2D eigenvalue weighted by molar-refractivity contribution is -0.121. The minimum absolute atomic E-state index is 0.0153. The first-order valence-corrected chi connectivity index (χ1v) is 14.6. The zero-order chi connectivity index (χ0) is 29.7. The molecule has 2 saturated heterocycles. The first kappa shape index (κ1) is 30.8. The molecule has 0 aliphatic carbocycles. The molecule has 0 spiro atoms. The zero-order valence-electron chi connectivity index (χ0n) is 23.6. The van der Waals surface area contributed by atoms with Crippen LogP contribution in [0.5, 0.6) is 11.5 Å². The first-order valence-electron chi connectivity index (χ1n) is 13.0. The summed E-state index contributed by atoms with van der Waals surface area (Å²) in [6, 6.07) is 3.45. The van der Waals surface area contributed by atoms with Crippen LogP contribution in [-0.2, 0) is 20.9 Å². The van der Waals surface area contributed by atoms with Gasteiger partial charge in [-0.05, 0) is 69.1 Å². The van der Waals surface area contributed by atoms with E-state index in [0.29, 0.717) is 39.5 Å². The van der Waals surface area contributed by atoms with Gasteiger partial charge in [-0.1, -0.05) is 15.9 Å². The van der Waals surface area contributed by atoms with Crippen molar-refractivity contribution >= 4 is 51.0 Å². The Hall–Kier alpha value is -3.16. The van der Waals surface area contributed by atoms with Crippen molar-refractivity contribution in [2.45, 2.75) is 51.7 Å². The Morgan fingerprint density at radius 1 is 1.12 bits per heavy atom. The van der Waals surface area contributed by atoms with E-state index in [-0.39, 0.29) is 36.6 Å². The number of hydrogen-bond acceptors (Lipinski definition) is 10. The number of piperidine rings is 1. The number of halogens is 1. The molecule has 2 aliphatic rings. The summed E-state index contributed by atoms with van der Waals surface area (Å²) < 4.78 is 22.9. The molecule has 0 N–H and O–H groups in total. The van der Waals surface area contributed by atoms with E-state index >= 15 is 0 Å². The average molecular weight is 650 g/mol. The fourth-order valence-electron chi connectivity index (χ4n) is 4.15. The van der Waals surface area contributed by atoms with E-state index in [0.717, 1.165) is 40.9 Å². The Morgan fingerprint density at radius 2 is 1.78 bits per heavy atom. The summed E-state index contributed by atoms with van der Waals surface area (Å²) in [5.74, 6) is 1.39. The number of aromatic nitrogens is 2. The molecule has 2 aromatic rings. The van der Waals surface area contributed by atoms with Crippen molar-refractivity contribution in [2.24, 2.45) is 0 Å². The maximum Gasteiger partial charge on any atom is 0.410 e. The van der Waals surface area contributed by atoms with Gasteiger partial charge in [0.05, 0.1) is 4.91 Å². The Kier molecular flexibility index (Phi) is 9.92. The van der Waals surface area contributed by atoms with Crippen LogP contribution in [0.25, 0.3) is 6.08 Å². The fraction of sp³-hybridized carbons (Fsp3) is 0.464. The molecule has 13 heteroatoms. The van der Waals surface area contributed by atoms with E-state index in [1.54, 1.807) is 35.5 Å². The first-order chi connectivity index (χ1) is 19.4.